The van der Waals surface area contributed by atoms with Crippen molar-refractivity contribution < 1.29 is 28.0 Å². The predicted molar refractivity (Wildman–Crippen MR) is 92.8 cm³/mol. The van der Waals surface area contributed by atoms with Crippen LogP contribution in [0.3, 0.4) is 0 Å². The number of rotatable bonds is 3. The Hall–Kier alpha value is -1.62. The molecule has 0 aliphatic carbocycles. The third-order valence-electron chi connectivity index (χ3n) is 3.68. The van der Waals surface area contributed by atoms with Crippen molar-refractivity contribution in [3.05, 3.63) is 24.3 Å². The van der Waals surface area contributed by atoms with Crippen LogP contribution in [0.5, 0.6) is 0 Å². The van der Waals surface area contributed by atoms with E-state index in [4.69, 9.17) is 4.74 Å². The van der Waals surface area contributed by atoms with Crippen molar-refractivity contribution in [2.24, 2.45) is 0 Å². The number of piperazine rings is 1. The van der Waals surface area contributed by atoms with E-state index in [2.05, 4.69) is 0 Å². The van der Waals surface area contributed by atoms with Gasteiger partial charge in [0.05, 0.1) is 4.90 Å². The second-order valence-corrected chi connectivity index (χ2v) is 8.76. The van der Waals surface area contributed by atoms with E-state index in [1.54, 1.807) is 20.8 Å². The molecule has 1 aliphatic rings. The van der Waals surface area contributed by atoms with Crippen molar-refractivity contribution in [2.45, 2.75) is 31.3 Å². The summed E-state index contributed by atoms with van der Waals surface area (Å²) in [6.45, 7) is 6.07. The zero-order chi connectivity index (χ0) is 18.8. The Labute approximate surface area is 148 Å². The molecule has 2 N–H and O–H groups in total. The molecule has 2 rings (SSSR count). The highest BCUT2D eigenvalue weighted by molar-refractivity contribution is 7.89. The largest absolute Gasteiger partial charge is 0.488 e. The second-order valence-electron chi connectivity index (χ2n) is 6.82. The topological polar surface area (TPSA) is 107 Å². The van der Waals surface area contributed by atoms with E-state index in [1.165, 1.54) is 33.5 Å². The molecule has 0 unspecified atom stereocenters. The standard InChI is InChI=1S/C15H23BN2O6S/c1-15(2,3)24-14(19)17-7-9-18(10-8-17)25(22,23)13-6-4-5-12(11-13)16(20)21/h4-6,11,20-21H,7-10H2,1-3H3. The number of sulfonamides is 1. The lowest BCUT2D eigenvalue weighted by molar-refractivity contribution is 0.0192. The first-order chi connectivity index (χ1) is 11.5. The number of hydrogen-bond donors (Lipinski definition) is 2. The normalized spacial score (nSPS) is 16.6. The minimum atomic E-state index is -3.77. The summed E-state index contributed by atoms with van der Waals surface area (Å²) < 4.78 is 32.0. The molecule has 0 spiro atoms. The third kappa shape index (κ3) is 4.94. The van der Waals surface area contributed by atoms with E-state index in [9.17, 15) is 23.3 Å². The Morgan fingerprint density at radius 1 is 1.16 bits per heavy atom. The average molecular weight is 370 g/mol. The molecule has 1 heterocycles. The number of amides is 1. The summed E-state index contributed by atoms with van der Waals surface area (Å²) in [5.74, 6) is 0. The maximum absolute atomic E-state index is 12.7. The van der Waals surface area contributed by atoms with E-state index in [-0.39, 0.29) is 36.5 Å². The summed E-state index contributed by atoms with van der Waals surface area (Å²) in [7, 11) is -5.51. The summed E-state index contributed by atoms with van der Waals surface area (Å²) in [6.07, 6.45) is -0.463. The fraction of sp³-hybridized carbons (Fsp3) is 0.533. The molecule has 0 aromatic heterocycles. The summed E-state index contributed by atoms with van der Waals surface area (Å²) in [4.78, 5) is 13.5. The molecular formula is C15H23BN2O6S. The summed E-state index contributed by atoms with van der Waals surface area (Å²) in [5.41, 5.74) is -0.500. The van der Waals surface area contributed by atoms with Crippen LogP contribution >= 0.6 is 0 Å². The van der Waals surface area contributed by atoms with E-state index in [1.807, 2.05) is 0 Å². The first kappa shape index (κ1) is 19.7. The lowest BCUT2D eigenvalue weighted by atomic mass is 9.80. The second kappa shape index (κ2) is 7.32. The van der Waals surface area contributed by atoms with E-state index in [0.717, 1.165) is 0 Å². The van der Waals surface area contributed by atoms with Crippen LogP contribution in [0.2, 0.25) is 0 Å². The van der Waals surface area contributed by atoms with E-state index >= 15 is 0 Å². The molecule has 10 heteroatoms. The third-order valence-corrected chi connectivity index (χ3v) is 5.58. The predicted octanol–water partition coefficient (Wildman–Crippen LogP) is -0.392. The minimum Gasteiger partial charge on any atom is -0.444 e. The Balaban J connectivity index is 2.07. The summed E-state index contributed by atoms with van der Waals surface area (Å²) in [6, 6.07) is 5.53. The van der Waals surface area contributed by atoms with Crippen LogP contribution < -0.4 is 5.46 Å². The highest BCUT2D eigenvalue weighted by atomic mass is 32.2. The van der Waals surface area contributed by atoms with Crippen LogP contribution in [-0.4, -0.2) is 72.7 Å². The van der Waals surface area contributed by atoms with Crippen molar-refractivity contribution >= 4 is 28.7 Å². The van der Waals surface area contributed by atoms with Crippen LogP contribution in [0.15, 0.2) is 29.2 Å². The zero-order valence-corrected chi connectivity index (χ0v) is 15.4. The molecule has 0 bridgehead atoms. The van der Waals surface area contributed by atoms with Gasteiger partial charge in [-0.25, -0.2) is 13.2 Å². The molecule has 138 valence electrons. The first-order valence-electron chi connectivity index (χ1n) is 7.95. The molecule has 0 atom stereocenters. The van der Waals surface area contributed by atoms with Crippen molar-refractivity contribution in [3.8, 4) is 0 Å². The Morgan fingerprint density at radius 3 is 2.28 bits per heavy atom. The average Bonchev–Trinajstić information content (AvgIpc) is 2.53. The quantitative estimate of drug-likeness (QED) is 0.702. The fourth-order valence-corrected chi connectivity index (χ4v) is 3.90. The van der Waals surface area contributed by atoms with Crippen LogP contribution in [0.4, 0.5) is 4.79 Å². The van der Waals surface area contributed by atoms with Crippen molar-refractivity contribution in [1.29, 1.82) is 0 Å². The van der Waals surface area contributed by atoms with Crippen molar-refractivity contribution in [1.82, 2.24) is 9.21 Å². The lowest BCUT2D eigenvalue weighted by Gasteiger charge is -2.35. The number of benzene rings is 1. The van der Waals surface area contributed by atoms with E-state index in [0.29, 0.717) is 0 Å². The molecule has 1 aromatic rings. The molecule has 0 saturated carbocycles. The van der Waals surface area contributed by atoms with Gasteiger partial charge in [0.25, 0.3) is 0 Å². The zero-order valence-electron chi connectivity index (χ0n) is 14.5. The van der Waals surface area contributed by atoms with Gasteiger partial charge in [0, 0.05) is 26.2 Å². The lowest BCUT2D eigenvalue weighted by Crippen LogP contribution is -2.51. The summed E-state index contributed by atoms with van der Waals surface area (Å²) in [5, 5.41) is 18.4. The number of ether oxygens (including phenoxy) is 1. The highest BCUT2D eigenvalue weighted by Crippen LogP contribution is 2.18. The molecular weight excluding hydrogens is 347 g/mol. The number of nitrogens with zero attached hydrogens (tertiary/aromatic N) is 2. The Bertz CT molecular complexity index is 724. The highest BCUT2D eigenvalue weighted by Gasteiger charge is 2.32. The summed E-state index contributed by atoms with van der Waals surface area (Å²) >= 11 is 0. The Morgan fingerprint density at radius 2 is 1.76 bits per heavy atom. The van der Waals surface area contributed by atoms with Gasteiger partial charge in [-0.1, -0.05) is 12.1 Å². The molecule has 1 saturated heterocycles. The molecule has 25 heavy (non-hydrogen) atoms. The molecule has 1 amide bonds. The SMILES string of the molecule is CC(C)(C)OC(=O)N1CCN(S(=O)(=O)c2cccc(B(O)O)c2)CC1. The molecule has 1 aliphatic heterocycles. The minimum absolute atomic E-state index is 0.0104. The molecule has 1 aromatic carbocycles. The monoisotopic (exact) mass is 370 g/mol. The number of hydrogen-bond acceptors (Lipinski definition) is 6. The van der Waals surface area contributed by atoms with Gasteiger partial charge in [-0.2, -0.15) is 4.31 Å². The Kier molecular flexibility index (Phi) is 5.77. The van der Waals surface area contributed by atoms with Gasteiger partial charge >= 0.3 is 13.2 Å². The van der Waals surface area contributed by atoms with Gasteiger partial charge in [-0.15, -0.1) is 0 Å². The molecule has 8 nitrogen and oxygen atoms in total. The van der Waals surface area contributed by atoms with Gasteiger partial charge in [0.15, 0.2) is 0 Å². The van der Waals surface area contributed by atoms with Gasteiger partial charge in [0.2, 0.25) is 10.0 Å². The van der Waals surface area contributed by atoms with Crippen molar-refractivity contribution in [3.63, 3.8) is 0 Å². The first-order valence-corrected chi connectivity index (χ1v) is 9.39. The van der Waals surface area contributed by atoms with Crippen LogP contribution in [0.25, 0.3) is 0 Å². The van der Waals surface area contributed by atoms with Crippen LogP contribution in [0.1, 0.15) is 20.8 Å². The van der Waals surface area contributed by atoms with Gasteiger partial charge < -0.3 is 19.7 Å². The fourth-order valence-electron chi connectivity index (χ4n) is 2.42. The number of carbonyl (C=O) groups excluding carboxylic acids is 1. The van der Waals surface area contributed by atoms with E-state index < -0.39 is 28.8 Å². The maximum Gasteiger partial charge on any atom is 0.488 e. The van der Waals surface area contributed by atoms with Crippen LogP contribution in [-0.2, 0) is 14.8 Å². The smallest absolute Gasteiger partial charge is 0.444 e. The van der Waals surface area contributed by atoms with Gasteiger partial charge in [-0.05, 0) is 38.4 Å². The molecule has 0 radical (unpaired) electrons. The van der Waals surface area contributed by atoms with Gasteiger partial charge in [0.1, 0.15) is 5.60 Å². The molecule has 1 fully saturated rings. The maximum atomic E-state index is 12.7. The van der Waals surface area contributed by atoms with Crippen LogP contribution in [0, 0.1) is 0 Å². The van der Waals surface area contributed by atoms with Crippen molar-refractivity contribution in [2.75, 3.05) is 26.2 Å². The number of carbonyl (C=O) groups is 1. The van der Waals surface area contributed by atoms with Gasteiger partial charge in [-0.3, -0.25) is 0 Å².